The number of rotatable bonds is 0. The molecule has 0 unspecified atom stereocenters. The molecular weight excluding hydrogens is 127 g/mol. The van der Waals surface area contributed by atoms with Crippen LogP contribution in [0, 0.1) is 0 Å². The molecule has 0 aromatic rings. The van der Waals surface area contributed by atoms with Crippen molar-refractivity contribution in [3.8, 4) is 0 Å². The molecule has 0 saturated heterocycles. The Morgan fingerprint density at radius 3 is 1.50 bits per heavy atom. The summed E-state index contributed by atoms with van der Waals surface area (Å²) >= 11 is 0.750. The van der Waals surface area contributed by atoms with Crippen molar-refractivity contribution in [3.63, 3.8) is 0 Å². The van der Waals surface area contributed by atoms with E-state index in [9.17, 15) is 0 Å². The third-order valence-electron chi connectivity index (χ3n) is 0. The second-order valence-corrected chi connectivity index (χ2v) is 0. The van der Waals surface area contributed by atoms with Gasteiger partial charge in [0.25, 0.3) is 0 Å². The first-order chi connectivity index (χ1) is 1.00. The SMILES string of the molecule is [H-].[H-].[H-].[K+].[Mg+2].[O]=[Ti]. The third-order valence-corrected chi connectivity index (χ3v) is 0. The van der Waals surface area contributed by atoms with Crippen molar-refractivity contribution in [1.82, 2.24) is 0 Å². The standard InChI is InChI=1S/K.Mg.O.Ti.3H/q+1;+2;;;3*-1. The zero-order valence-corrected chi connectivity index (χ0v) is 8.71. The maximum absolute atomic E-state index is 8.25. The molecule has 0 aliphatic rings. The van der Waals surface area contributed by atoms with E-state index in [1.807, 2.05) is 0 Å². The van der Waals surface area contributed by atoms with Gasteiger partial charge in [0.2, 0.25) is 0 Å². The van der Waals surface area contributed by atoms with Gasteiger partial charge in [-0.3, -0.25) is 0 Å². The van der Waals surface area contributed by atoms with Gasteiger partial charge in [0.05, 0.1) is 0 Å². The number of hydrogen-bond donors (Lipinski definition) is 0. The van der Waals surface area contributed by atoms with Gasteiger partial charge in [-0.15, -0.1) is 0 Å². The van der Waals surface area contributed by atoms with Crippen LogP contribution in [0.15, 0.2) is 0 Å². The Balaban J connectivity index is -0.000000000500. The molecule has 0 saturated carbocycles. The fourth-order valence-corrected chi connectivity index (χ4v) is 0. The second-order valence-electron chi connectivity index (χ2n) is 0. The molecule has 16 valence electrons. The molecular formula is H3KMgOTi. The molecule has 0 aromatic carbocycles. The predicted molar refractivity (Wildman–Crippen MR) is 9.78 cm³/mol. The van der Waals surface area contributed by atoms with E-state index in [1.54, 1.807) is 0 Å². The van der Waals surface area contributed by atoms with Crippen LogP contribution >= 0.6 is 0 Å². The molecule has 0 atom stereocenters. The van der Waals surface area contributed by atoms with E-state index >= 15 is 0 Å². The Labute approximate surface area is 100 Å². The molecule has 0 radical (unpaired) electrons. The minimum atomic E-state index is 0. The van der Waals surface area contributed by atoms with Gasteiger partial charge in [-0.2, -0.15) is 0 Å². The topological polar surface area (TPSA) is 17.1 Å². The summed E-state index contributed by atoms with van der Waals surface area (Å²) in [6, 6.07) is 0. The zero-order chi connectivity index (χ0) is 2.00. The van der Waals surface area contributed by atoms with Crippen molar-refractivity contribution in [2.45, 2.75) is 0 Å². The van der Waals surface area contributed by atoms with Crippen molar-refractivity contribution >= 4 is 23.1 Å². The van der Waals surface area contributed by atoms with Crippen LogP contribution in [-0.4, -0.2) is 23.1 Å². The Bertz CT molecular complexity index is 14.9. The summed E-state index contributed by atoms with van der Waals surface area (Å²) in [6.07, 6.45) is 0. The molecule has 4 heteroatoms. The summed E-state index contributed by atoms with van der Waals surface area (Å²) in [7, 11) is 0. The fourth-order valence-electron chi connectivity index (χ4n) is 0. The molecule has 4 heavy (non-hydrogen) atoms. The first kappa shape index (κ1) is 15.8. The van der Waals surface area contributed by atoms with Gasteiger partial charge in [-0.05, 0) is 0 Å². The van der Waals surface area contributed by atoms with Gasteiger partial charge in [0, 0.05) is 0 Å². The summed E-state index contributed by atoms with van der Waals surface area (Å²) < 4.78 is 8.25. The Morgan fingerprint density at radius 2 is 1.50 bits per heavy atom. The molecule has 0 bridgehead atoms. The van der Waals surface area contributed by atoms with E-state index < -0.39 is 0 Å². The Morgan fingerprint density at radius 1 is 1.50 bits per heavy atom. The average molecular weight is 130 g/mol. The quantitative estimate of drug-likeness (QED) is 0.316. The van der Waals surface area contributed by atoms with Crippen LogP contribution in [0.4, 0.5) is 0 Å². The predicted octanol–water partition coefficient (Wildman–Crippen LogP) is -3.16. The van der Waals surface area contributed by atoms with Crippen LogP contribution in [0.1, 0.15) is 4.28 Å². The molecule has 0 fully saturated rings. The molecule has 0 amide bonds. The van der Waals surface area contributed by atoms with Gasteiger partial charge in [-0.25, -0.2) is 0 Å². The van der Waals surface area contributed by atoms with Gasteiger partial charge < -0.3 is 4.28 Å². The van der Waals surface area contributed by atoms with Gasteiger partial charge in [-0.1, -0.05) is 0 Å². The van der Waals surface area contributed by atoms with Crippen molar-refractivity contribution in [2.24, 2.45) is 0 Å². The molecule has 0 aromatic heterocycles. The molecule has 0 aliphatic carbocycles. The van der Waals surface area contributed by atoms with E-state index in [2.05, 4.69) is 0 Å². The third kappa shape index (κ3) is 8.87. The second kappa shape index (κ2) is 16.8. The molecule has 0 rings (SSSR count). The summed E-state index contributed by atoms with van der Waals surface area (Å²) in [5.74, 6) is 0. The molecule has 0 aliphatic heterocycles. The van der Waals surface area contributed by atoms with Crippen molar-refractivity contribution in [1.29, 1.82) is 0 Å². The van der Waals surface area contributed by atoms with Crippen LogP contribution in [0.3, 0.4) is 0 Å². The van der Waals surface area contributed by atoms with Crippen LogP contribution in [0.5, 0.6) is 0 Å². The van der Waals surface area contributed by atoms with Crippen LogP contribution in [0.25, 0.3) is 0 Å². The van der Waals surface area contributed by atoms with Gasteiger partial charge in [0.15, 0.2) is 0 Å². The minimum absolute atomic E-state index is 0. The first-order valence-corrected chi connectivity index (χ1v) is 0.842. The maximum atomic E-state index is 8.25. The molecule has 0 heterocycles. The van der Waals surface area contributed by atoms with E-state index in [4.69, 9.17) is 3.32 Å². The van der Waals surface area contributed by atoms with E-state index in [1.165, 1.54) is 0 Å². The van der Waals surface area contributed by atoms with Crippen molar-refractivity contribution in [3.05, 3.63) is 0 Å². The monoisotopic (exact) mass is 130 g/mol. The van der Waals surface area contributed by atoms with E-state index in [0.29, 0.717) is 0 Å². The summed E-state index contributed by atoms with van der Waals surface area (Å²) in [4.78, 5) is 0. The number of hydrogen-bond acceptors (Lipinski definition) is 1. The van der Waals surface area contributed by atoms with Gasteiger partial charge >= 0.3 is 98.2 Å². The average Bonchev–Trinajstić information content (AvgIpc) is 1.00. The summed E-state index contributed by atoms with van der Waals surface area (Å²) in [6.45, 7) is 0. The normalized spacial score (nSPS) is 0.750. The fraction of sp³-hybridized carbons (Fsp3) is 0. The van der Waals surface area contributed by atoms with Crippen LogP contribution in [-0.2, 0) is 23.7 Å². The molecule has 0 N–H and O–H groups in total. The van der Waals surface area contributed by atoms with E-state index in [0.717, 1.165) is 20.4 Å². The Hall–Kier alpha value is 2.92. The van der Waals surface area contributed by atoms with Crippen LogP contribution < -0.4 is 51.4 Å². The molecule has 1 nitrogen and oxygen atoms in total. The summed E-state index contributed by atoms with van der Waals surface area (Å²) in [5.41, 5.74) is 0. The van der Waals surface area contributed by atoms with E-state index in [-0.39, 0.29) is 78.7 Å². The van der Waals surface area contributed by atoms with Crippen molar-refractivity contribution in [2.75, 3.05) is 0 Å². The van der Waals surface area contributed by atoms with Gasteiger partial charge in [0.1, 0.15) is 0 Å². The zero-order valence-electron chi connectivity index (χ0n) is 5.62. The first-order valence-electron chi connectivity index (χ1n) is 0.204. The summed E-state index contributed by atoms with van der Waals surface area (Å²) in [5, 5.41) is 0. The van der Waals surface area contributed by atoms with Crippen LogP contribution in [0.2, 0.25) is 0 Å². The molecule has 0 spiro atoms. The van der Waals surface area contributed by atoms with Crippen molar-refractivity contribution < 1.29 is 79.4 Å². The Kier molecular flexibility index (Phi) is 66.3.